The first-order chi connectivity index (χ1) is 6.88. The van der Waals surface area contributed by atoms with Gasteiger partial charge in [0, 0.05) is 12.4 Å². The van der Waals surface area contributed by atoms with Crippen molar-refractivity contribution in [3.05, 3.63) is 35.6 Å². The topological polar surface area (TPSA) is 61.3 Å². The van der Waals surface area contributed by atoms with Gasteiger partial charge in [0.05, 0.1) is 12.0 Å². The van der Waals surface area contributed by atoms with E-state index in [-0.39, 0.29) is 0 Å². The lowest BCUT2D eigenvalue weighted by atomic mass is 10.1. The zero-order valence-corrected chi connectivity index (χ0v) is 8.27. The molecule has 4 heteroatoms. The average molecular weight is 190 g/mol. The van der Waals surface area contributed by atoms with Gasteiger partial charge in [0.25, 0.3) is 5.71 Å². The molecule has 0 spiro atoms. The third-order valence-electron chi connectivity index (χ3n) is 1.97. The van der Waals surface area contributed by atoms with Crippen LogP contribution in [0.1, 0.15) is 18.4 Å². The predicted molar refractivity (Wildman–Crippen MR) is 55.1 cm³/mol. The van der Waals surface area contributed by atoms with Crippen LogP contribution in [0.15, 0.2) is 24.5 Å². The molecule has 0 unspecified atom stereocenters. The first-order valence-electron chi connectivity index (χ1n) is 4.64. The largest absolute Gasteiger partial charge is 0.361 e. The summed E-state index contributed by atoms with van der Waals surface area (Å²) in [5, 5.41) is 3.05. The smallest absolute Gasteiger partial charge is 0.299 e. The molecule has 0 bridgehead atoms. The van der Waals surface area contributed by atoms with Gasteiger partial charge in [-0.3, -0.25) is 4.98 Å². The summed E-state index contributed by atoms with van der Waals surface area (Å²) in [6.45, 7) is 0.921. The molecule has 0 radical (unpaired) electrons. The molecule has 1 aromatic rings. The van der Waals surface area contributed by atoms with Gasteiger partial charge < -0.3 is 10.8 Å². The molecule has 74 valence electrons. The molecule has 0 amide bonds. The Hall–Kier alpha value is -1.51. The minimum atomic E-state index is 0.711. The summed E-state index contributed by atoms with van der Waals surface area (Å²) < 4.78 is 0. The van der Waals surface area contributed by atoms with Crippen molar-refractivity contribution in [3.8, 4) is 0 Å². The second-order valence-corrected chi connectivity index (χ2v) is 2.99. The number of nitrogens with zero attached hydrogens (tertiary/aromatic N) is 3. The van der Waals surface area contributed by atoms with Gasteiger partial charge in [-0.25, -0.2) is 0 Å². The maximum absolute atomic E-state index is 8.83. The highest BCUT2D eigenvalue weighted by Crippen LogP contribution is 2.02. The molecular weight excluding hydrogens is 176 g/mol. The van der Waals surface area contributed by atoms with Crippen LogP contribution in [0.25, 0.3) is 5.53 Å². The standard InChI is InChI=1S/C10H14N4/c1-12-6-2-3-10(14-11)9-4-7-13-8-5-9/h4-5,7-8,12H,2-3,6H2,1H3. The van der Waals surface area contributed by atoms with E-state index in [1.807, 2.05) is 19.2 Å². The van der Waals surface area contributed by atoms with Gasteiger partial charge in [-0.05, 0) is 32.1 Å². The summed E-state index contributed by atoms with van der Waals surface area (Å²) >= 11 is 0. The molecule has 0 saturated carbocycles. The lowest BCUT2D eigenvalue weighted by Crippen LogP contribution is -2.11. The fraction of sp³-hybridized carbons (Fsp3) is 0.400. The lowest BCUT2D eigenvalue weighted by molar-refractivity contribution is -0.00707. The van der Waals surface area contributed by atoms with Crippen molar-refractivity contribution in [2.45, 2.75) is 12.8 Å². The van der Waals surface area contributed by atoms with Crippen molar-refractivity contribution < 1.29 is 4.79 Å². The Morgan fingerprint density at radius 3 is 2.79 bits per heavy atom. The Balaban J connectivity index is 2.61. The Labute approximate surface area is 83.6 Å². The third-order valence-corrected chi connectivity index (χ3v) is 1.97. The van der Waals surface area contributed by atoms with Crippen molar-refractivity contribution >= 4 is 5.71 Å². The molecule has 0 fully saturated rings. The van der Waals surface area contributed by atoms with E-state index in [0.29, 0.717) is 5.71 Å². The van der Waals surface area contributed by atoms with E-state index in [2.05, 4.69) is 15.1 Å². The third kappa shape index (κ3) is 3.09. The maximum Gasteiger partial charge on any atom is 0.299 e. The summed E-state index contributed by atoms with van der Waals surface area (Å²) in [6, 6.07) is 3.68. The van der Waals surface area contributed by atoms with Gasteiger partial charge in [0.2, 0.25) is 0 Å². The Bertz CT molecular complexity index is 314. The molecule has 0 aliphatic rings. The van der Waals surface area contributed by atoms with Crippen molar-refractivity contribution in [1.82, 2.24) is 10.3 Å². The zero-order chi connectivity index (χ0) is 10.2. The summed E-state index contributed by atoms with van der Waals surface area (Å²) in [6.07, 6.45) is 5.11. The van der Waals surface area contributed by atoms with Crippen LogP contribution in [-0.4, -0.2) is 29.1 Å². The molecule has 14 heavy (non-hydrogen) atoms. The minimum absolute atomic E-state index is 0.711. The highest BCUT2D eigenvalue weighted by Gasteiger charge is 2.10. The molecular formula is C10H14N4. The lowest BCUT2D eigenvalue weighted by Gasteiger charge is -1.96. The van der Waals surface area contributed by atoms with E-state index in [0.717, 1.165) is 24.9 Å². The summed E-state index contributed by atoms with van der Waals surface area (Å²) in [7, 11) is 1.90. The SMILES string of the molecule is CNCCCC(=[N+]=[N-])c1ccncc1. The molecule has 0 aliphatic heterocycles. The Kier molecular flexibility index (Phi) is 4.55. The minimum Gasteiger partial charge on any atom is -0.361 e. The van der Waals surface area contributed by atoms with Crippen LogP contribution in [0.2, 0.25) is 0 Å². The van der Waals surface area contributed by atoms with Gasteiger partial charge in [-0.2, -0.15) is 4.79 Å². The van der Waals surface area contributed by atoms with Crippen LogP contribution >= 0.6 is 0 Å². The molecule has 0 atom stereocenters. The number of hydrogen-bond donors (Lipinski definition) is 1. The fourth-order valence-electron chi connectivity index (χ4n) is 1.23. The van der Waals surface area contributed by atoms with E-state index in [1.165, 1.54) is 0 Å². The van der Waals surface area contributed by atoms with E-state index in [9.17, 15) is 0 Å². The van der Waals surface area contributed by atoms with Gasteiger partial charge in [-0.1, -0.05) is 0 Å². The van der Waals surface area contributed by atoms with Gasteiger partial charge in [-0.15, -0.1) is 0 Å². The van der Waals surface area contributed by atoms with E-state index >= 15 is 0 Å². The van der Waals surface area contributed by atoms with Crippen LogP contribution in [-0.2, 0) is 0 Å². The Morgan fingerprint density at radius 1 is 1.50 bits per heavy atom. The van der Waals surface area contributed by atoms with Crippen molar-refractivity contribution in [2.24, 2.45) is 0 Å². The highest BCUT2D eigenvalue weighted by molar-refractivity contribution is 5.96. The van der Waals surface area contributed by atoms with Crippen molar-refractivity contribution in [3.63, 3.8) is 0 Å². The second-order valence-electron chi connectivity index (χ2n) is 2.99. The molecule has 1 heterocycles. The first kappa shape index (κ1) is 10.6. The molecule has 4 nitrogen and oxygen atoms in total. The normalized spacial score (nSPS) is 9.50. The molecule has 0 saturated heterocycles. The van der Waals surface area contributed by atoms with Crippen molar-refractivity contribution in [1.29, 1.82) is 0 Å². The quantitative estimate of drug-likeness (QED) is 0.327. The van der Waals surface area contributed by atoms with E-state index < -0.39 is 0 Å². The summed E-state index contributed by atoms with van der Waals surface area (Å²) in [5.41, 5.74) is 10.5. The van der Waals surface area contributed by atoms with Crippen LogP contribution in [0, 0.1) is 0 Å². The number of nitrogens with one attached hydrogen (secondary N) is 1. The monoisotopic (exact) mass is 190 g/mol. The van der Waals surface area contributed by atoms with E-state index in [4.69, 9.17) is 5.53 Å². The van der Waals surface area contributed by atoms with Crippen molar-refractivity contribution in [2.75, 3.05) is 13.6 Å². The molecule has 1 rings (SSSR count). The van der Waals surface area contributed by atoms with E-state index in [1.54, 1.807) is 12.4 Å². The summed E-state index contributed by atoms with van der Waals surface area (Å²) in [5.74, 6) is 0. The number of rotatable bonds is 5. The van der Waals surface area contributed by atoms with Gasteiger partial charge >= 0.3 is 0 Å². The van der Waals surface area contributed by atoms with Gasteiger partial charge in [0.1, 0.15) is 0 Å². The number of hydrogen-bond acceptors (Lipinski definition) is 2. The number of pyridine rings is 1. The zero-order valence-electron chi connectivity index (χ0n) is 8.27. The maximum atomic E-state index is 8.83. The second kappa shape index (κ2) is 6.02. The molecule has 1 aromatic heterocycles. The predicted octanol–water partition coefficient (Wildman–Crippen LogP) is 1.10. The first-order valence-corrected chi connectivity index (χ1v) is 4.64. The Morgan fingerprint density at radius 2 is 2.21 bits per heavy atom. The van der Waals surface area contributed by atoms with Crippen LogP contribution in [0.5, 0.6) is 0 Å². The van der Waals surface area contributed by atoms with Crippen LogP contribution in [0.4, 0.5) is 0 Å². The number of aromatic nitrogens is 1. The van der Waals surface area contributed by atoms with Gasteiger partial charge in [0.15, 0.2) is 0 Å². The fourth-order valence-corrected chi connectivity index (χ4v) is 1.23. The average Bonchev–Trinajstić information content (AvgIpc) is 2.26. The van der Waals surface area contributed by atoms with Crippen LogP contribution < -0.4 is 5.32 Å². The molecule has 1 N–H and O–H groups in total. The molecule has 0 aromatic carbocycles. The molecule has 0 aliphatic carbocycles. The van der Waals surface area contributed by atoms with Crippen LogP contribution in [0.3, 0.4) is 0 Å². The highest BCUT2D eigenvalue weighted by atomic mass is 14.9. The summed E-state index contributed by atoms with van der Waals surface area (Å²) in [4.78, 5) is 7.20.